The molecule has 1 aromatic heterocycles. The predicted molar refractivity (Wildman–Crippen MR) is 104 cm³/mol. The van der Waals surface area contributed by atoms with Crippen molar-refractivity contribution in [1.82, 2.24) is 15.1 Å². The number of urea groups is 1. The van der Waals surface area contributed by atoms with E-state index in [2.05, 4.69) is 33.8 Å². The first-order chi connectivity index (χ1) is 12.8. The molecule has 0 spiro atoms. The standard InChI is InChI=1S/C20H25N3O2S/c24-20(21-14-16-4-5-19-17(13-16)6-11-25-19)23-8-2-7-22(9-10-23)15-18-3-1-12-26-18/h1,3-5,12-13H,2,6-11,14-15H2,(H,21,24). The highest BCUT2D eigenvalue weighted by molar-refractivity contribution is 7.09. The molecule has 1 fully saturated rings. The van der Waals surface area contributed by atoms with Gasteiger partial charge in [0.15, 0.2) is 0 Å². The van der Waals surface area contributed by atoms with Crippen LogP contribution in [-0.2, 0) is 19.5 Å². The van der Waals surface area contributed by atoms with Crippen LogP contribution < -0.4 is 10.1 Å². The Morgan fingerprint density at radius 2 is 2.15 bits per heavy atom. The van der Waals surface area contributed by atoms with E-state index in [-0.39, 0.29) is 6.03 Å². The third-order valence-corrected chi connectivity index (χ3v) is 5.89. The lowest BCUT2D eigenvalue weighted by molar-refractivity contribution is 0.197. The number of benzene rings is 1. The molecular weight excluding hydrogens is 346 g/mol. The molecule has 4 rings (SSSR count). The molecule has 2 aromatic rings. The van der Waals surface area contributed by atoms with E-state index in [0.29, 0.717) is 6.54 Å². The number of carbonyl (C=O) groups excluding carboxylic acids is 1. The maximum Gasteiger partial charge on any atom is 0.317 e. The molecule has 0 unspecified atom stereocenters. The average Bonchev–Trinajstić information content (AvgIpc) is 3.27. The van der Waals surface area contributed by atoms with E-state index in [9.17, 15) is 4.79 Å². The fourth-order valence-corrected chi connectivity index (χ4v) is 4.34. The Balaban J connectivity index is 1.27. The van der Waals surface area contributed by atoms with Gasteiger partial charge in [0, 0.05) is 50.6 Å². The van der Waals surface area contributed by atoms with Crippen molar-refractivity contribution in [2.24, 2.45) is 0 Å². The van der Waals surface area contributed by atoms with Gasteiger partial charge in [-0.05, 0) is 35.1 Å². The molecule has 2 amide bonds. The smallest absolute Gasteiger partial charge is 0.317 e. The molecule has 1 aromatic carbocycles. The van der Waals surface area contributed by atoms with Crippen molar-refractivity contribution >= 4 is 17.4 Å². The number of amides is 2. The van der Waals surface area contributed by atoms with Crippen LogP contribution in [0.2, 0.25) is 0 Å². The Bertz CT molecular complexity index is 748. The lowest BCUT2D eigenvalue weighted by atomic mass is 10.1. The van der Waals surface area contributed by atoms with Gasteiger partial charge in [0.05, 0.1) is 6.61 Å². The number of carbonyl (C=O) groups is 1. The largest absolute Gasteiger partial charge is 0.493 e. The highest BCUT2D eigenvalue weighted by Gasteiger charge is 2.19. The number of nitrogens with one attached hydrogen (secondary N) is 1. The highest BCUT2D eigenvalue weighted by Crippen LogP contribution is 2.25. The van der Waals surface area contributed by atoms with Crippen molar-refractivity contribution in [2.45, 2.75) is 25.9 Å². The first kappa shape index (κ1) is 17.4. The summed E-state index contributed by atoms with van der Waals surface area (Å²) in [4.78, 5) is 18.3. The van der Waals surface area contributed by atoms with Crippen LogP contribution in [0.4, 0.5) is 4.79 Å². The van der Waals surface area contributed by atoms with Gasteiger partial charge in [0.1, 0.15) is 5.75 Å². The summed E-state index contributed by atoms with van der Waals surface area (Å²) in [5.41, 5.74) is 2.38. The number of hydrogen-bond acceptors (Lipinski definition) is 4. The number of rotatable bonds is 4. The molecule has 26 heavy (non-hydrogen) atoms. The summed E-state index contributed by atoms with van der Waals surface area (Å²) in [5.74, 6) is 0.985. The van der Waals surface area contributed by atoms with Crippen molar-refractivity contribution in [1.29, 1.82) is 0 Å². The van der Waals surface area contributed by atoms with E-state index in [1.165, 1.54) is 10.4 Å². The number of ether oxygens (including phenoxy) is 1. The van der Waals surface area contributed by atoms with E-state index in [1.807, 2.05) is 17.0 Å². The van der Waals surface area contributed by atoms with E-state index >= 15 is 0 Å². The molecule has 2 aliphatic rings. The molecular formula is C20H25N3O2S. The van der Waals surface area contributed by atoms with Crippen LogP contribution in [-0.4, -0.2) is 48.6 Å². The zero-order valence-electron chi connectivity index (χ0n) is 14.9. The second-order valence-electron chi connectivity index (χ2n) is 6.90. The van der Waals surface area contributed by atoms with Crippen LogP contribution in [0.15, 0.2) is 35.7 Å². The minimum absolute atomic E-state index is 0.0414. The zero-order valence-corrected chi connectivity index (χ0v) is 15.8. The molecule has 1 saturated heterocycles. The fourth-order valence-electron chi connectivity index (χ4n) is 3.59. The predicted octanol–water partition coefficient (Wildman–Crippen LogP) is 3.10. The topological polar surface area (TPSA) is 44.8 Å². The van der Waals surface area contributed by atoms with Crippen molar-refractivity contribution in [2.75, 3.05) is 32.8 Å². The molecule has 3 heterocycles. The maximum absolute atomic E-state index is 12.6. The first-order valence-electron chi connectivity index (χ1n) is 9.30. The van der Waals surface area contributed by atoms with Crippen molar-refractivity contribution < 1.29 is 9.53 Å². The van der Waals surface area contributed by atoms with Gasteiger partial charge in [0.2, 0.25) is 0 Å². The van der Waals surface area contributed by atoms with Crippen LogP contribution >= 0.6 is 11.3 Å². The van der Waals surface area contributed by atoms with E-state index < -0.39 is 0 Å². The van der Waals surface area contributed by atoms with Crippen molar-refractivity contribution in [3.63, 3.8) is 0 Å². The summed E-state index contributed by atoms with van der Waals surface area (Å²) < 4.78 is 5.54. The van der Waals surface area contributed by atoms with Crippen LogP contribution in [0.1, 0.15) is 22.4 Å². The lowest BCUT2D eigenvalue weighted by Crippen LogP contribution is -2.41. The third kappa shape index (κ3) is 4.19. The minimum atomic E-state index is 0.0414. The molecule has 2 aliphatic heterocycles. The van der Waals surface area contributed by atoms with Gasteiger partial charge < -0.3 is 15.0 Å². The Hall–Kier alpha value is -2.05. The van der Waals surface area contributed by atoms with Crippen LogP contribution in [0.5, 0.6) is 5.75 Å². The Morgan fingerprint density at radius 1 is 1.19 bits per heavy atom. The van der Waals surface area contributed by atoms with Crippen molar-refractivity contribution in [3.05, 3.63) is 51.7 Å². The van der Waals surface area contributed by atoms with Gasteiger partial charge in [-0.15, -0.1) is 11.3 Å². The lowest BCUT2D eigenvalue weighted by Gasteiger charge is -2.22. The molecule has 5 nitrogen and oxygen atoms in total. The van der Waals surface area contributed by atoms with E-state index in [1.54, 1.807) is 11.3 Å². The molecule has 1 N–H and O–H groups in total. The highest BCUT2D eigenvalue weighted by atomic mass is 32.1. The Kier molecular flexibility index (Phi) is 5.41. The molecule has 0 aliphatic carbocycles. The summed E-state index contributed by atoms with van der Waals surface area (Å²) in [5, 5.41) is 5.20. The van der Waals surface area contributed by atoms with Crippen LogP contribution in [0, 0.1) is 0 Å². The van der Waals surface area contributed by atoms with Crippen LogP contribution in [0.25, 0.3) is 0 Å². The third-order valence-electron chi connectivity index (χ3n) is 5.03. The second kappa shape index (κ2) is 8.10. The molecule has 6 heteroatoms. The van der Waals surface area contributed by atoms with Crippen molar-refractivity contribution in [3.8, 4) is 5.75 Å². The van der Waals surface area contributed by atoms with Crippen LogP contribution in [0.3, 0.4) is 0 Å². The Morgan fingerprint density at radius 3 is 3.04 bits per heavy atom. The summed E-state index contributed by atoms with van der Waals surface area (Å²) in [6.45, 7) is 5.92. The molecule has 138 valence electrons. The van der Waals surface area contributed by atoms with Gasteiger partial charge in [-0.2, -0.15) is 0 Å². The molecule has 0 bridgehead atoms. The first-order valence-corrected chi connectivity index (χ1v) is 10.2. The molecule has 0 saturated carbocycles. The monoisotopic (exact) mass is 371 g/mol. The second-order valence-corrected chi connectivity index (χ2v) is 7.93. The van der Waals surface area contributed by atoms with E-state index in [4.69, 9.17) is 4.74 Å². The summed E-state index contributed by atoms with van der Waals surface area (Å²) in [6, 6.07) is 10.5. The minimum Gasteiger partial charge on any atom is -0.493 e. The summed E-state index contributed by atoms with van der Waals surface area (Å²) in [6.07, 6.45) is 1.98. The van der Waals surface area contributed by atoms with Gasteiger partial charge in [-0.3, -0.25) is 4.90 Å². The van der Waals surface area contributed by atoms with Gasteiger partial charge in [-0.1, -0.05) is 18.2 Å². The number of fused-ring (bicyclic) bond motifs is 1. The summed E-state index contributed by atoms with van der Waals surface area (Å²) in [7, 11) is 0. The van der Waals surface area contributed by atoms with Gasteiger partial charge in [0.25, 0.3) is 0 Å². The van der Waals surface area contributed by atoms with E-state index in [0.717, 1.165) is 63.5 Å². The summed E-state index contributed by atoms with van der Waals surface area (Å²) >= 11 is 1.80. The SMILES string of the molecule is O=C(NCc1ccc2c(c1)CCO2)N1CCCN(Cc2cccs2)CC1. The molecule has 0 atom stereocenters. The number of thiophene rings is 1. The Labute approximate surface area is 158 Å². The quantitative estimate of drug-likeness (QED) is 0.898. The maximum atomic E-state index is 12.6. The zero-order chi connectivity index (χ0) is 17.8. The molecule has 0 radical (unpaired) electrons. The number of nitrogens with zero attached hydrogens (tertiary/aromatic N) is 2. The fraction of sp³-hybridized carbons (Fsp3) is 0.450. The normalized spacial score (nSPS) is 17.5. The number of hydrogen-bond donors (Lipinski definition) is 1. The van der Waals surface area contributed by atoms with Gasteiger partial charge in [-0.25, -0.2) is 4.79 Å². The van der Waals surface area contributed by atoms with Gasteiger partial charge >= 0.3 is 6.03 Å². The average molecular weight is 372 g/mol.